The standard InChI is InChI=1S/C24H23ClN4O4/c1-5-33-16-8-6-15(7-9-16)18-10-14(2)29-23(26-18)13-20(28-29)24(30)27-19-12-21(31-3)17(25)11-22(19)32-4/h6-13H,5H2,1-4H3,(H,27,30). The van der Waals surface area contributed by atoms with E-state index in [-0.39, 0.29) is 5.69 Å². The molecule has 4 rings (SSSR count). The van der Waals surface area contributed by atoms with Crippen LogP contribution in [0.2, 0.25) is 5.02 Å². The van der Waals surface area contributed by atoms with Gasteiger partial charge in [-0.05, 0) is 44.2 Å². The zero-order valence-electron chi connectivity index (χ0n) is 18.7. The predicted molar refractivity (Wildman–Crippen MR) is 127 cm³/mol. The van der Waals surface area contributed by atoms with E-state index in [4.69, 9.17) is 25.8 Å². The molecule has 0 saturated heterocycles. The Morgan fingerprint density at radius 3 is 2.45 bits per heavy atom. The van der Waals surface area contributed by atoms with E-state index in [1.807, 2.05) is 44.2 Å². The summed E-state index contributed by atoms with van der Waals surface area (Å²) < 4.78 is 17.7. The molecule has 9 heteroatoms. The summed E-state index contributed by atoms with van der Waals surface area (Å²) in [7, 11) is 2.99. The van der Waals surface area contributed by atoms with Crippen molar-refractivity contribution in [2.75, 3.05) is 26.1 Å². The van der Waals surface area contributed by atoms with Gasteiger partial charge in [0, 0.05) is 29.5 Å². The minimum Gasteiger partial charge on any atom is -0.495 e. The molecule has 0 aliphatic heterocycles. The Kier molecular flexibility index (Phi) is 6.37. The molecular formula is C24H23ClN4O4. The van der Waals surface area contributed by atoms with Crippen LogP contribution < -0.4 is 19.5 Å². The number of fused-ring (bicyclic) bond motifs is 1. The van der Waals surface area contributed by atoms with E-state index in [1.165, 1.54) is 14.2 Å². The molecule has 33 heavy (non-hydrogen) atoms. The van der Waals surface area contributed by atoms with E-state index in [0.29, 0.717) is 34.5 Å². The normalized spacial score (nSPS) is 10.8. The number of aromatic nitrogens is 3. The first kappa shape index (κ1) is 22.4. The molecule has 2 aromatic carbocycles. The van der Waals surface area contributed by atoms with Gasteiger partial charge in [0.25, 0.3) is 5.91 Å². The van der Waals surface area contributed by atoms with E-state index in [9.17, 15) is 4.79 Å². The second kappa shape index (κ2) is 9.38. The van der Waals surface area contributed by atoms with Crippen LogP contribution in [-0.2, 0) is 0 Å². The lowest BCUT2D eigenvalue weighted by atomic mass is 10.1. The van der Waals surface area contributed by atoms with Gasteiger partial charge in [0.05, 0.1) is 37.2 Å². The molecule has 8 nitrogen and oxygen atoms in total. The lowest BCUT2D eigenvalue weighted by molar-refractivity contribution is 0.102. The van der Waals surface area contributed by atoms with E-state index in [0.717, 1.165) is 22.7 Å². The van der Waals surface area contributed by atoms with Gasteiger partial charge in [0.15, 0.2) is 11.3 Å². The number of carbonyl (C=O) groups is 1. The second-order valence-electron chi connectivity index (χ2n) is 7.18. The number of carbonyl (C=O) groups excluding carboxylic acids is 1. The van der Waals surface area contributed by atoms with Gasteiger partial charge in [-0.15, -0.1) is 0 Å². The maximum atomic E-state index is 12.9. The van der Waals surface area contributed by atoms with Crippen molar-refractivity contribution in [1.82, 2.24) is 14.6 Å². The van der Waals surface area contributed by atoms with Gasteiger partial charge in [-0.3, -0.25) is 4.79 Å². The van der Waals surface area contributed by atoms with Crippen molar-refractivity contribution in [3.8, 4) is 28.5 Å². The van der Waals surface area contributed by atoms with Crippen molar-refractivity contribution in [1.29, 1.82) is 0 Å². The topological polar surface area (TPSA) is 87.0 Å². The molecule has 4 aromatic rings. The van der Waals surface area contributed by atoms with Crippen LogP contribution in [0.4, 0.5) is 5.69 Å². The van der Waals surface area contributed by atoms with E-state index >= 15 is 0 Å². The fraction of sp³-hybridized carbons (Fsp3) is 0.208. The third-order valence-corrected chi connectivity index (χ3v) is 5.32. The van der Waals surface area contributed by atoms with Crippen LogP contribution in [0.25, 0.3) is 16.9 Å². The number of halogens is 1. The third kappa shape index (κ3) is 4.56. The number of methoxy groups -OCH3 is 2. The van der Waals surface area contributed by atoms with Crippen LogP contribution in [0.1, 0.15) is 23.1 Å². The van der Waals surface area contributed by atoms with Gasteiger partial charge in [-0.1, -0.05) is 11.6 Å². The first-order chi connectivity index (χ1) is 15.9. The number of hydrogen-bond acceptors (Lipinski definition) is 6. The molecule has 2 aromatic heterocycles. The van der Waals surface area contributed by atoms with Gasteiger partial charge >= 0.3 is 0 Å². The summed E-state index contributed by atoms with van der Waals surface area (Å²) in [6, 6.07) is 14.5. The summed E-state index contributed by atoms with van der Waals surface area (Å²) in [6.45, 7) is 4.46. The smallest absolute Gasteiger partial charge is 0.276 e. The average Bonchev–Trinajstić information content (AvgIpc) is 3.26. The van der Waals surface area contributed by atoms with Crippen LogP contribution in [-0.4, -0.2) is 41.3 Å². The summed E-state index contributed by atoms with van der Waals surface area (Å²) in [4.78, 5) is 17.6. The first-order valence-corrected chi connectivity index (χ1v) is 10.6. The van der Waals surface area contributed by atoms with Gasteiger partial charge in [-0.2, -0.15) is 5.10 Å². The molecule has 0 atom stereocenters. The molecule has 1 amide bonds. The maximum Gasteiger partial charge on any atom is 0.276 e. The summed E-state index contributed by atoms with van der Waals surface area (Å²) >= 11 is 6.15. The predicted octanol–water partition coefficient (Wildman–Crippen LogP) is 5.03. The highest BCUT2D eigenvalue weighted by Crippen LogP contribution is 2.36. The van der Waals surface area contributed by atoms with Crippen molar-refractivity contribution < 1.29 is 19.0 Å². The Labute approximate surface area is 196 Å². The second-order valence-corrected chi connectivity index (χ2v) is 7.59. The highest BCUT2D eigenvalue weighted by Gasteiger charge is 2.18. The highest BCUT2D eigenvalue weighted by atomic mass is 35.5. The van der Waals surface area contributed by atoms with Gasteiger partial charge in [-0.25, -0.2) is 9.50 Å². The lowest BCUT2D eigenvalue weighted by Gasteiger charge is -2.12. The molecule has 0 unspecified atom stereocenters. The Balaban J connectivity index is 1.64. The molecule has 0 aliphatic carbocycles. The molecule has 170 valence electrons. The van der Waals surface area contributed by atoms with Crippen molar-refractivity contribution in [2.24, 2.45) is 0 Å². The molecular weight excluding hydrogens is 444 g/mol. The number of amides is 1. The fourth-order valence-electron chi connectivity index (χ4n) is 3.42. The van der Waals surface area contributed by atoms with Crippen LogP contribution in [0.15, 0.2) is 48.5 Å². The van der Waals surface area contributed by atoms with Crippen molar-refractivity contribution >= 4 is 28.8 Å². The molecule has 0 saturated carbocycles. The number of nitrogens with one attached hydrogen (secondary N) is 1. The minimum atomic E-state index is -0.412. The summed E-state index contributed by atoms with van der Waals surface area (Å²) in [5.74, 6) is 1.21. The molecule has 0 bridgehead atoms. The summed E-state index contributed by atoms with van der Waals surface area (Å²) in [5.41, 5.74) is 3.75. The van der Waals surface area contributed by atoms with Crippen LogP contribution in [0.5, 0.6) is 17.2 Å². The number of benzene rings is 2. The summed E-state index contributed by atoms with van der Waals surface area (Å²) in [6.07, 6.45) is 0. The Morgan fingerprint density at radius 2 is 1.79 bits per heavy atom. The molecule has 0 aliphatic rings. The molecule has 0 radical (unpaired) electrons. The molecule has 1 N–H and O–H groups in total. The maximum absolute atomic E-state index is 12.9. The van der Waals surface area contributed by atoms with E-state index < -0.39 is 5.91 Å². The number of ether oxygens (including phenoxy) is 3. The highest BCUT2D eigenvalue weighted by molar-refractivity contribution is 6.32. The van der Waals surface area contributed by atoms with Gasteiger partial charge in [0.1, 0.15) is 17.2 Å². The molecule has 0 fully saturated rings. The average molecular weight is 467 g/mol. The Hall–Kier alpha value is -3.78. The third-order valence-electron chi connectivity index (χ3n) is 5.02. The Morgan fingerprint density at radius 1 is 1.06 bits per heavy atom. The largest absolute Gasteiger partial charge is 0.495 e. The van der Waals surface area contributed by atoms with Gasteiger partial charge < -0.3 is 19.5 Å². The van der Waals surface area contributed by atoms with Crippen LogP contribution >= 0.6 is 11.6 Å². The lowest BCUT2D eigenvalue weighted by Crippen LogP contribution is -2.13. The minimum absolute atomic E-state index is 0.213. The van der Waals surface area contributed by atoms with Crippen molar-refractivity contribution in [3.05, 3.63) is 64.9 Å². The van der Waals surface area contributed by atoms with Crippen molar-refractivity contribution in [3.63, 3.8) is 0 Å². The number of nitrogens with zero attached hydrogens (tertiary/aromatic N) is 3. The summed E-state index contributed by atoms with van der Waals surface area (Å²) in [5, 5.41) is 7.60. The van der Waals surface area contributed by atoms with E-state index in [1.54, 1.807) is 22.7 Å². The van der Waals surface area contributed by atoms with E-state index in [2.05, 4.69) is 15.4 Å². The fourth-order valence-corrected chi connectivity index (χ4v) is 3.65. The number of anilines is 1. The monoisotopic (exact) mass is 466 g/mol. The molecule has 2 heterocycles. The Bertz CT molecular complexity index is 1320. The number of rotatable bonds is 7. The van der Waals surface area contributed by atoms with Crippen molar-refractivity contribution in [2.45, 2.75) is 13.8 Å². The molecule has 0 spiro atoms. The quantitative estimate of drug-likeness (QED) is 0.411. The van der Waals surface area contributed by atoms with Crippen LogP contribution in [0, 0.1) is 6.92 Å². The number of aryl methyl sites for hydroxylation is 1. The zero-order valence-corrected chi connectivity index (χ0v) is 19.4. The first-order valence-electron chi connectivity index (χ1n) is 10.3. The van der Waals surface area contributed by atoms with Crippen LogP contribution in [0.3, 0.4) is 0 Å². The number of hydrogen-bond donors (Lipinski definition) is 1. The zero-order chi connectivity index (χ0) is 23.5. The van der Waals surface area contributed by atoms with Gasteiger partial charge in [0.2, 0.25) is 0 Å². The SMILES string of the molecule is CCOc1ccc(-c2cc(C)n3nc(C(=O)Nc4cc(OC)c(Cl)cc4OC)cc3n2)cc1.